The van der Waals surface area contributed by atoms with Crippen LogP contribution in [0.3, 0.4) is 0 Å². The Kier molecular flexibility index (Phi) is 4.31. The molecule has 3 rings (SSSR count). The van der Waals surface area contributed by atoms with Gasteiger partial charge >= 0.3 is 0 Å². The first kappa shape index (κ1) is 15.9. The summed E-state index contributed by atoms with van der Waals surface area (Å²) in [5.74, 6) is 0.0897. The third kappa shape index (κ3) is 2.93. The Labute approximate surface area is 140 Å². The van der Waals surface area contributed by atoms with Gasteiger partial charge in [-0.3, -0.25) is 14.5 Å². The lowest BCUT2D eigenvalue weighted by molar-refractivity contribution is -0.123. The lowest BCUT2D eigenvalue weighted by Crippen LogP contribution is -2.31. The fourth-order valence-corrected chi connectivity index (χ4v) is 3.65. The molecule has 0 bridgehead atoms. The first-order valence-corrected chi connectivity index (χ1v) is 8.66. The van der Waals surface area contributed by atoms with Gasteiger partial charge in [0.15, 0.2) is 0 Å². The van der Waals surface area contributed by atoms with Gasteiger partial charge in [0.25, 0.3) is 11.1 Å². The van der Waals surface area contributed by atoms with Gasteiger partial charge in [-0.25, -0.2) is 0 Å². The lowest BCUT2D eigenvalue weighted by Gasteiger charge is -2.14. The van der Waals surface area contributed by atoms with E-state index < -0.39 is 0 Å². The van der Waals surface area contributed by atoms with E-state index >= 15 is 0 Å². The number of rotatable bonds is 4. The number of benzene rings is 1. The molecule has 0 atom stereocenters. The Morgan fingerprint density at radius 2 is 1.96 bits per heavy atom. The third-order valence-electron chi connectivity index (χ3n) is 3.87. The molecular formula is C18H20N2O2S. The number of amides is 2. The summed E-state index contributed by atoms with van der Waals surface area (Å²) in [5.41, 5.74) is 2.13. The van der Waals surface area contributed by atoms with Gasteiger partial charge in [-0.05, 0) is 36.7 Å². The van der Waals surface area contributed by atoms with Crippen LogP contribution in [-0.4, -0.2) is 27.2 Å². The van der Waals surface area contributed by atoms with Crippen LogP contribution in [0, 0.1) is 5.92 Å². The minimum atomic E-state index is -0.179. The molecule has 0 radical (unpaired) electrons. The van der Waals surface area contributed by atoms with Crippen LogP contribution in [-0.2, 0) is 11.3 Å². The van der Waals surface area contributed by atoms with Crippen LogP contribution < -0.4 is 0 Å². The van der Waals surface area contributed by atoms with Crippen molar-refractivity contribution in [3.05, 3.63) is 40.9 Å². The third-order valence-corrected chi connectivity index (χ3v) is 4.78. The van der Waals surface area contributed by atoms with Crippen LogP contribution >= 0.6 is 11.8 Å². The Hall–Kier alpha value is -2.01. The first-order chi connectivity index (χ1) is 11.0. The number of fused-ring (bicyclic) bond motifs is 1. The summed E-state index contributed by atoms with van der Waals surface area (Å²) in [7, 11) is 0. The van der Waals surface area contributed by atoms with E-state index in [-0.39, 0.29) is 17.1 Å². The predicted molar refractivity (Wildman–Crippen MR) is 95.1 cm³/mol. The molecule has 2 aromatic rings. The zero-order valence-corrected chi connectivity index (χ0v) is 14.4. The van der Waals surface area contributed by atoms with Gasteiger partial charge < -0.3 is 4.57 Å². The average molecular weight is 328 g/mol. The molecule has 4 nitrogen and oxygen atoms in total. The predicted octanol–water partition coefficient (Wildman–Crippen LogP) is 4.35. The Morgan fingerprint density at radius 1 is 1.22 bits per heavy atom. The number of carbonyl (C=O) groups is 2. The Balaban J connectivity index is 2.00. The highest BCUT2D eigenvalue weighted by atomic mass is 32.2. The molecule has 0 aliphatic carbocycles. The summed E-state index contributed by atoms with van der Waals surface area (Å²) in [6, 6.07) is 8.12. The molecule has 1 aliphatic heterocycles. The van der Waals surface area contributed by atoms with E-state index in [0.717, 1.165) is 34.8 Å². The number of aryl methyl sites for hydroxylation is 1. The van der Waals surface area contributed by atoms with Gasteiger partial charge in [-0.15, -0.1) is 0 Å². The lowest BCUT2D eigenvalue weighted by atomic mass is 10.1. The Bertz CT molecular complexity index is 804. The zero-order chi connectivity index (χ0) is 16.6. The number of aromatic nitrogens is 1. The second kappa shape index (κ2) is 6.24. The maximum atomic E-state index is 12.5. The molecule has 0 N–H and O–H groups in total. The minimum absolute atomic E-state index is 0.172. The number of carbonyl (C=O) groups excluding carboxylic acids is 2. The minimum Gasteiger partial charge on any atom is -0.347 e. The van der Waals surface area contributed by atoms with Gasteiger partial charge in [0.2, 0.25) is 0 Å². The normalized spacial score (nSPS) is 17.2. The Morgan fingerprint density at radius 3 is 2.65 bits per heavy atom. The van der Waals surface area contributed by atoms with Crippen molar-refractivity contribution in [2.75, 3.05) is 6.54 Å². The molecule has 1 aromatic heterocycles. The van der Waals surface area contributed by atoms with Crippen molar-refractivity contribution in [3.63, 3.8) is 0 Å². The van der Waals surface area contributed by atoms with E-state index in [2.05, 4.69) is 17.6 Å². The van der Waals surface area contributed by atoms with Crippen LogP contribution in [0.25, 0.3) is 17.0 Å². The highest BCUT2D eigenvalue weighted by Crippen LogP contribution is 2.34. The van der Waals surface area contributed by atoms with Crippen molar-refractivity contribution in [1.82, 2.24) is 9.47 Å². The fourth-order valence-electron chi connectivity index (χ4n) is 2.82. The molecular weight excluding hydrogens is 308 g/mol. The maximum Gasteiger partial charge on any atom is 0.293 e. The number of para-hydroxylation sites is 1. The van der Waals surface area contributed by atoms with E-state index in [0.29, 0.717) is 11.4 Å². The molecule has 2 amide bonds. The van der Waals surface area contributed by atoms with Crippen molar-refractivity contribution < 1.29 is 9.59 Å². The maximum absolute atomic E-state index is 12.5. The van der Waals surface area contributed by atoms with E-state index in [1.54, 1.807) is 0 Å². The highest BCUT2D eigenvalue weighted by Gasteiger charge is 2.35. The summed E-state index contributed by atoms with van der Waals surface area (Å²) in [5, 5.41) is 0.930. The van der Waals surface area contributed by atoms with Crippen molar-refractivity contribution in [2.45, 2.75) is 27.3 Å². The average Bonchev–Trinajstić information content (AvgIpc) is 3.00. The van der Waals surface area contributed by atoms with Crippen LogP contribution in [0.1, 0.15) is 26.3 Å². The summed E-state index contributed by atoms with van der Waals surface area (Å²) >= 11 is 1.03. The van der Waals surface area contributed by atoms with E-state index in [1.165, 1.54) is 4.90 Å². The largest absolute Gasteiger partial charge is 0.347 e. The van der Waals surface area contributed by atoms with Gasteiger partial charge in [-0.2, -0.15) is 0 Å². The first-order valence-electron chi connectivity index (χ1n) is 7.84. The quantitative estimate of drug-likeness (QED) is 0.783. The van der Waals surface area contributed by atoms with Gasteiger partial charge in [0.1, 0.15) is 0 Å². The molecule has 1 fully saturated rings. The molecule has 2 heterocycles. The monoisotopic (exact) mass is 328 g/mol. The van der Waals surface area contributed by atoms with Gasteiger partial charge in [0, 0.05) is 35.8 Å². The number of nitrogens with zero attached hydrogens (tertiary/aromatic N) is 2. The standard InChI is InChI=1S/C18H20N2O2S/c1-4-19-11-13(14-7-5-6-8-15(14)19)9-16-17(21)20(10-12(2)3)18(22)23-16/h5-9,11-12H,4,10H2,1-3H3/b16-9-. The van der Waals surface area contributed by atoms with Crippen molar-refractivity contribution in [3.8, 4) is 0 Å². The second-order valence-corrected chi connectivity index (χ2v) is 7.07. The number of hydrogen-bond acceptors (Lipinski definition) is 3. The molecule has 1 aliphatic rings. The van der Waals surface area contributed by atoms with E-state index in [9.17, 15) is 9.59 Å². The molecule has 1 aromatic carbocycles. The van der Waals surface area contributed by atoms with Gasteiger partial charge in [0.05, 0.1) is 4.91 Å². The van der Waals surface area contributed by atoms with Crippen LogP contribution in [0.4, 0.5) is 4.79 Å². The number of hydrogen-bond donors (Lipinski definition) is 0. The van der Waals surface area contributed by atoms with E-state index in [4.69, 9.17) is 0 Å². The van der Waals surface area contributed by atoms with Crippen molar-refractivity contribution in [2.24, 2.45) is 5.92 Å². The van der Waals surface area contributed by atoms with E-state index in [1.807, 2.05) is 44.3 Å². The molecule has 1 saturated heterocycles. The molecule has 0 saturated carbocycles. The van der Waals surface area contributed by atoms with Crippen molar-refractivity contribution in [1.29, 1.82) is 0 Å². The molecule has 23 heavy (non-hydrogen) atoms. The van der Waals surface area contributed by atoms with Gasteiger partial charge in [-0.1, -0.05) is 32.0 Å². The molecule has 5 heteroatoms. The smallest absolute Gasteiger partial charge is 0.293 e. The van der Waals surface area contributed by atoms with Crippen molar-refractivity contribution >= 4 is 39.9 Å². The van der Waals surface area contributed by atoms with Crippen LogP contribution in [0.15, 0.2) is 35.4 Å². The van der Waals surface area contributed by atoms with Crippen LogP contribution in [0.5, 0.6) is 0 Å². The van der Waals surface area contributed by atoms with Crippen LogP contribution in [0.2, 0.25) is 0 Å². The SMILES string of the molecule is CCn1cc(/C=C2\SC(=O)N(CC(C)C)C2=O)c2ccccc21. The topological polar surface area (TPSA) is 42.3 Å². The molecule has 120 valence electrons. The summed E-state index contributed by atoms with van der Waals surface area (Å²) in [6.07, 6.45) is 3.89. The summed E-state index contributed by atoms with van der Waals surface area (Å²) in [4.78, 5) is 26.4. The number of thioether (sulfide) groups is 1. The fraction of sp³-hybridized carbons (Fsp3) is 0.333. The molecule has 0 spiro atoms. The second-order valence-electron chi connectivity index (χ2n) is 6.07. The summed E-state index contributed by atoms with van der Waals surface area (Å²) < 4.78 is 2.15. The number of imide groups is 1. The highest BCUT2D eigenvalue weighted by molar-refractivity contribution is 8.18. The zero-order valence-electron chi connectivity index (χ0n) is 13.6. The summed E-state index contributed by atoms with van der Waals surface area (Å²) in [6.45, 7) is 7.43. The molecule has 0 unspecified atom stereocenters.